The fourth-order valence-corrected chi connectivity index (χ4v) is 8.14. The van der Waals surface area contributed by atoms with Crippen LogP contribution in [0.4, 0.5) is 0 Å². The van der Waals surface area contributed by atoms with E-state index < -0.39 is 37.5 Å². The molecule has 4 heteroatoms. The summed E-state index contributed by atoms with van der Waals surface area (Å²) >= 11 is -0.811. The molecule has 28 heavy (non-hydrogen) atoms. The van der Waals surface area contributed by atoms with E-state index in [1.165, 1.54) is 129 Å². The second kappa shape index (κ2) is 26.8. The standard InChI is InChI=1S/2C12H26N.BrH.Nd/c2*1-3-5-7-9-11-13-12-10-8-6-4-2;;/h2*3-12H2,1-2H3;1H;/q2*-1;;+2. The zero-order valence-electron chi connectivity index (χ0n) is 19.9. The van der Waals surface area contributed by atoms with Gasteiger partial charge in [0.25, 0.3) is 0 Å². The fraction of sp³-hybridized carbons (Fsp3) is 1.00. The van der Waals surface area contributed by atoms with Crippen molar-refractivity contribution in [1.82, 2.24) is 1.97 Å². The number of hydrogen-bond donors (Lipinski definition) is 0. The number of hydrogen-bond acceptors (Lipinski definition) is 2. The zero-order chi connectivity index (χ0) is 20.0. The van der Waals surface area contributed by atoms with E-state index in [1.54, 1.807) is 0 Å². The van der Waals surface area contributed by atoms with E-state index in [0.29, 0.717) is 0 Å². The summed E-state index contributed by atoms with van der Waals surface area (Å²) in [4.78, 5) is 0. The van der Waals surface area contributed by atoms with Crippen molar-refractivity contribution in [1.29, 1.82) is 0 Å². The summed E-state index contributed by atoms with van der Waals surface area (Å²) in [5.41, 5.74) is 0. The SMILES string of the molecule is Br.CCCCCC[N](CCCCCC)[Nd][N](CCCCCC)CCCCCC. The van der Waals surface area contributed by atoms with Crippen molar-refractivity contribution >= 4 is 17.0 Å². The predicted octanol–water partition coefficient (Wildman–Crippen LogP) is 8.40. The van der Waals surface area contributed by atoms with Gasteiger partial charge >= 0.3 is 196 Å². The Kier molecular flexibility index (Phi) is 30.5. The molecule has 0 aliphatic rings. The number of unbranched alkanes of at least 4 members (excludes halogenated alkanes) is 12. The van der Waals surface area contributed by atoms with Gasteiger partial charge in [0, 0.05) is 0 Å². The Morgan fingerprint density at radius 1 is 0.393 bits per heavy atom. The first-order valence-electron chi connectivity index (χ1n) is 12.5. The molecule has 0 rings (SSSR count). The number of rotatable bonds is 22. The molecule has 0 amide bonds. The minimum atomic E-state index is -0.811. The molecule has 0 atom stereocenters. The molecule has 0 saturated heterocycles. The molecule has 0 unspecified atom stereocenters. The summed E-state index contributed by atoms with van der Waals surface area (Å²) < 4.78 is 5.95. The van der Waals surface area contributed by atoms with Crippen molar-refractivity contribution in [3.63, 3.8) is 0 Å². The van der Waals surface area contributed by atoms with Gasteiger partial charge < -0.3 is 0 Å². The summed E-state index contributed by atoms with van der Waals surface area (Å²) in [6.07, 6.45) is 22.7. The molecule has 0 spiro atoms. The third-order valence-corrected chi connectivity index (χ3v) is 10.1. The van der Waals surface area contributed by atoms with Crippen molar-refractivity contribution in [2.75, 3.05) is 26.2 Å². The average Bonchev–Trinajstić information content (AvgIpc) is 2.68. The summed E-state index contributed by atoms with van der Waals surface area (Å²) in [7, 11) is 0. The van der Waals surface area contributed by atoms with E-state index >= 15 is 0 Å². The summed E-state index contributed by atoms with van der Waals surface area (Å²) in [6, 6.07) is 0. The molecular weight excluding hydrogens is 540 g/mol. The predicted molar refractivity (Wildman–Crippen MR) is 130 cm³/mol. The van der Waals surface area contributed by atoms with Crippen LogP contribution in [0, 0.1) is 37.5 Å². The molecule has 0 radical (unpaired) electrons. The topological polar surface area (TPSA) is 6.48 Å². The van der Waals surface area contributed by atoms with E-state index in [-0.39, 0.29) is 17.0 Å². The molecule has 0 fully saturated rings. The molecule has 0 N–H and O–H groups in total. The second-order valence-electron chi connectivity index (χ2n) is 8.32. The van der Waals surface area contributed by atoms with E-state index in [4.69, 9.17) is 0 Å². The van der Waals surface area contributed by atoms with Crippen LogP contribution in [0.2, 0.25) is 0 Å². The Morgan fingerprint density at radius 3 is 0.857 bits per heavy atom. The van der Waals surface area contributed by atoms with Crippen LogP contribution in [0.1, 0.15) is 130 Å². The van der Waals surface area contributed by atoms with Crippen molar-refractivity contribution in [3.05, 3.63) is 0 Å². The third kappa shape index (κ3) is 22.4. The van der Waals surface area contributed by atoms with Gasteiger partial charge in [-0.3, -0.25) is 0 Å². The van der Waals surface area contributed by atoms with Crippen molar-refractivity contribution < 1.29 is 37.5 Å². The van der Waals surface area contributed by atoms with Gasteiger partial charge in [0.2, 0.25) is 0 Å². The molecule has 0 aromatic heterocycles. The summed E-state index contributed by atoms with van der Waals surface area (Å²) in [5.74, 6) is 0. The van der Waals surface area contributed by atoms with Crippen molar-refractivity contribution in [2.24, 2.45) is 0 Å². The van der Waals surface area contributed by atoms with Gasteiger partial charge in [-0.1, -0.05) is 0 Å². The normalized spacial score (nSPS) is 11.2. The monoisotopic (exact) mass is 590 g/mol. The van der Waals surface area contributed by atoms with Gasteiger partial charge in [-0.2, -0.15) is 0 Å². The molecule has 170 valence electrons. The van der Waals surface area contributed by atoms with Crippen LogP contribution < -0.4 is 0 Å². The quantitative estimate of drug-likeness (QED) is 0.116. The Hall–Kier alpha value is 1.75. The van der Waals surface area contributed by atoms with Crippen LogP contribution in [0.15, 0.2) is 0 Å². The Labute approximate surface area is 211 Å². The molecule has 0 aromatic carbocycles. The first-order chi connectivity index (χ1) is 13.3. The Morgan fingerprint density at radius 2 is 0.643 bits per heavy atom. The molecular formula is C24H53BrN2Nd. The van der Waals surface area contributed by atoms with Crippen LogP contribution in [-0.2, 0) is 0 Å². The van der Waals surface area contributed by atoms with E-state index in [1.807, 2.05) is 0 Å². The molecule has 0 bridgehead atoms. The molecule has 0 aliphatic carbocycles. The molecule has 0 heterocycles. The molecule has 0 aromatic rings. The first-order valence-corrected chi connectivity index (χ1v) is 15.4. The molecule has 0 aliphatic heterocycles. The van der Waals surface area contributed by atoms with Gasteiger partial charge in [-0.05, 0) is 0 Å². The van der Waals surface area contributed by atoms with E-state index in [2.05, 4.69) is 29.7 Å². The van der Waals surface area contributed by atoms with Crippen LogP contribution in [-0.4, -0.2) is 28.1 Å². The Bertz CT molecular complexity index is 229. The van der Waals surface area contributed by atoms with Crippen LogP contribution >= 0.6 is 17.0 Å². The molecule has 0 saturated carbocycles. The maximum absolute atomic E-state index is 2.98. The summed E-state index contributed by atoms with van der Waals surface area (Å²) in [5, 5.41) is 0. The van der Waals surface area contributed by atoms with Gasteiger partial charge in [-0.25, -0.2) is 0 Å². The van der Waals surface area contributed by atoms with Gasteiger partial charge in [-0.15, -0.1) is 17.0 Å². The molecule has 2 nitrogen and oxygen atoms in total. The van der Waals surface area contributed by atoms with E-state index in [0.717, 1.165) is 0 Å². The third-order valence-electron chi connectivity index (χ3n) is 5.41. The fourth-order valence-electron chi connectivity index (χ4n) is 3.54. The number of halogens is 1. The first kappa shape index (κ1) is 31.9. The van der Waals surface area contributed by atoms with Crippen molar-refractivity contribution in [3.8, 4) is 0 Å². The zero-order valence-corrected chi connectivity index (χ0v) is 24.9. The average molecular weight is 594 g/mol. The second-order valence-corrected chi connectivity index (χ2v) is 13.0. The maximum atomic E-state index is 2.98. The van der Waals surface area contributed by atoms with Crippen molar-refractivity contribution in [2.45, 2.75) is 130 Å². The minimum absolute atomic E-state index is 0. The van der Waals surface area contributed by atoms with Gasteiger partial charge in [0.15, 0.2) is 0 Å². The van der Waals surface area contributed by atoms with E-state index in [9.17, 15) is 0 Å². The Balaban J connectivity index is 0. The van der Waals surface area contributed by atoms with Crippen LogP contribution in [0.3, 0.4) is 0 Å². The number of nitrogens with zero attached hydrogens (tertiary/aromatic N) is 2. The summed E-state index contributed by atoms with van der Waals surface area (Å²) in [6.45, 7) is 14.9. The van der Waals surface area contributed by atoms with Gasteiger partial charge in [0.05, 0.1) is 0 Å². The van der Waals surface area contributed by atoms with Gasteiger partial charge in [0.1, 0.15) is 0 Å². The van der Waals surface area contributed by atoms with Crippen LogP contribution in [0.25, 0.3) is 0 Å². The van der Waals surface area contributed by atoms with Crippen LogP contribution in [0.5, 0.6) is 0 Å².